The Morgan fingerprint density at radius 2 is 1.90 bits per heavy atom. The molecule has 3 saturated heterocycles. The summed E-state index contributed by atoms with van der Waals surface area (Å²) in [6.07, 6.45) is 9.30. The van der Waals surface area contributed by atoms with Crippen LogP contribution in [0.15, 0.2) is 36.0 Å². The van der Waals surface area contributed by atoms with Crippen LogP contribution in [0.4, 0.5) is 0 Å². The zero-order valence-corrected chi connectivity index (χ0v) is 18.2. The third-order valence-electron chi connectivity index (χ3n) is 6.23. The first-order chi connectivity index (χ1) is 13.9. The maximum absolute atomic E-state index is 13.3. The van der Waals surface area contributed by atoms with Crippen LogP contribution < -0.4 is 5.43 Å². The Morgan fingerprint density at radius 1 is 1.21 bits per heavy atom. The van der Waals surface area contributed by atoms with E-state index in [2.05, 4.69) is 23.1 Å². The van der Waals surface area contributed by atoms with Gasteiger partial charge in [-0.3, -0.25) is 15.0 Å². The first-order valence-electron chi connectivity index (χ1n) is 10.8. The number of amides is 2. The van der Waals surface area contributed by atoms with Crippen molar-refractivity contribution in [3.8, 4) is 0 Å². The number of carbonyl (C=O) groups is 2. The Bertz CT molecular complexity index is 685. The molecule has 6 heteroatoms. The van der Waals surface area contributed by atoms with E-state index in [0.717, 1.165) is 43.7 Å². The first kappa shape index (κ1) is 21.8. The normalized spacial score (nSPS) is 28.4. The minimum absolute atomic E-state index is 0.0978. The molecule has 2 amide bonds. The minimum atomic E-state index is -0.301. The molecule has 1 N–H and O–H groups in total. The van der Waals surface area contributed by atoms with Crippen LogP contribution in [0.1, 0.15) is 39.5 Å². The molecule has 0 saturated carbocycles. The van der Waals surface area contributed by atoms with E-state index >= 15 is 0 Å². The maximum atomic E-state index is 13.3. The zero-order chi connectivity index (χ0) is 21.0. The van der Waals surface area contributed by atoms with Crippen molar-refractivity contribution in [2.24, 2.45) is 11.8 Å². The molecule has 3 aliphatic heterocycles. The summed E-state index contributed by atoms with van der Waals surface area (Å²) in [5.41, 5.74) is 5.47. The van der Waals surface area contributed by atoms with Gasteiger partial charge in [0.1, 0.15) is 6.04 Å². The highest BCUT2D eigenvalue weighted by Gasteiger charge is 2.42. The number of piperidine rings is 2. The molecule has 3 aliphatic rings. The molecule has 6 nitrogen and oxygen atoms in total. The molecule has 3 rings (SSSR count). The number of nitrogens with zero attached hydrogens (tertiary/aromatic N) is 3. The third kappa shape index (κ3) is 5.58. The van der Waals surface area contributed by atoms with E-state index in [1.165, 1.54) is 6.42 Å². The highest BCUT2D eigenvalue weighted by atomic mass is 16.2. The number of nitrogens with one attached hydrogen (secondary N) is 1. The van der Waals surface area contributed by atoms with Crippen LogP contribution in [0.2, 0.25) is 0 Å². The monoisotopic (exact) mass is 400 g/mol. The fourth-order valence-electron chi connectivity index (χ4n) is 4.87. The number of carbonyl (C=O) groups excluding carboxylic acids is 2. The van der Waals surface area contributed by atoms with Gasteiger partial charge < -0.3 is 9.80 Å². The first-order valence-corrected chi connectivity index (χ1v) is 10.8. The van der Waals surface area contributed by atoms with Crippen molar-refractivity contribution in [2.45, 2.75) is 45.6 Å². The number of allylic oxidation sites excluding steroid dienone is 4. The quantitative estimate of drug-likeness (QED) is 0.527. The van der Waals surface area contributed by atoms with Crippen LogP contribution in [-0.2, 0) is 9.59 Å². The Hall–Kier alpha value is -1.92. The van der Waals surface area contributed by atoms with E-state index in [1.54, 1.807) is 4.90 Å². The molecular weight excluding hydrogens is 364 g/mol. The Morgan fingerprint density at radius 3 is 2.52 bits per heavy atom. The van der Waals surface area contributed by atoms with Crippen molar-refractivity contribution in [1.29, 1.82) is 0 Å². The van der Waals surface area contributed by atoms with E-state index in [4.69, 9.17) is 0 Å². The van der Waals surface area contributed by atoms with Gasteiger partial charge in [0, 0.05) is 39.1 Å². The van der Waals surface area contributed by atoms with Gasteiger partial charge in [-0.05, 0) is 52.0 Å². The van der Waals surface area contributed by atoms with Crippen LogP contribution in [0.25, 0.3) is 0 Å². The molecular formula is C23H36N4O2. The van der Waals surface area contributed by atoms with Gasteiger partial charge in [-0.2, -0.15) is 0 Å². The fraction of sp³-hybridized carbons (Fsp3) is 0.652. The number of likely N-dealkylation sites (tertiary alicyclic amines) is 2. The number of hydrogen-bond donors (Lipinski definition) is 1. The number of hydrazine groups is 1. The Labute approximate surface area is 175 Å². The maximum Gasteiger partial charge on any atom is 0.245 e. The summed E-state index contributed by atoms with van der Waals surface area (Å²) in [5.74, 6) is 1.28. The highest BCUT2D eigenvalue weighted by Crippen LogP contribution is 2.30. The van der Waals surface area contributed by atoms with Crippen LogP contribution in [-0.4, -0.2) is 72.4 Å². The molecule has 0 aromatic heterocycles. The minimum Gasteiger partial charge on any atom is -0.340 e. The molecule has 2 bridgehead atoms. The summed E-state index contributed by atoms with van der Waals surface area (Å²) >= 11 is 0. The topological polar surface area (TPSA) is 55.9 Å². The van der Waals surface area contributed by atoms with Gasteiger partial charge in [-0.25, -0.2) is 5.01 Å². The number of rotatable bonds is 7. The molecule has 29 heavy (non-hydrogen) atoms. The lowest BCUT2D eigenvalue weighted by Crippen LogP contribution is -2.58. The van der Waals surface area contributed by atoms with Crippen LogP contribution in [0, 0.1) is 11.8 Å². The summed E-state index contributed by atoms with van der Waals surface area (Å²) in [5, 5.41) is 2.27. The molecule has 3 unspecified atom stereocenters. The lowest BCUT2D eigenvalue weighted by molar-refractivity contribution is -0.144. The predicted octanol–water partition coefficient (Wildman–Crippen LogP) is 2.36. The zero-order valence-electron chi connectivity index (χ0n) is 18.2. The molecule has 3 atom stereocenters. The summed E-state index contributed by atoms with van der Waals surface area (Å²) in [6, 6.07) is -0.301. The van der Waals surface area contributed by atoms with Gasteiger partial charge >= 0.3 is 0 Å². The van der Waals surface area contributed by atoms with E-state index in [0.29, 0.717) is 31.2 Å². The van der Waals surface area contributed by atoms with Crippen LogP contribution in [0.5, 0.6) is 0 Å². The lowest BCUT2D eigenvalue weighted by Gasteiger charge is -2.46. The summed E-state index contributed by atoms with van der Waals surface area (Å²) in [7, 11) is 1.97. The number of hydrogen-bond acceptors (Lipinski definition) is 4. The molecule has 3 heterocycles. The van der Waals surface area contributed by atoms with Crippen molar-refractivity contribution in [2.75, 3.05) is 39.8 Å². The fourth-order valence-corrected chi connectivity index (χ4v) is 4.87. The van der Waals surface area contributed by atoms with Crippen molar-refractivity contribution < 1.29 is 9.59 Å². The molecule has 0 radical (unpaired) electrons. The van der Waals surface area contributed by atoms with Crippen molar-refractivity contribution in [3.05, 3.63) is 36.0 Å². The van der Waals surface area contributed by atoms with Crippen molar-refractivity contribution in [3.63, 3.8) is 0 Å². The van der Waals surface area contributed by atoms with Gasteiger partial charge in [0.05, 0.1) is 0 Å². The molecule has 0 spiro atoms. The largest absolute Gasteiger partial charge is 0.340 e. The second-order valence-electron chi connectivity index (χ2n) is 9.02. The third-order valence-corrected chi connectivity index (χ3v) is 6.23. The Kier molecular flexibility index (Phi) is 7.30. The molecule has 0 aromatic carbocycles. The SMILES string of the molecule is C=C(C)CC=CC=C(C)CN1C(=O)CCC1C(=O)N1CC2CC(CN(NC)C2)C1. The average Bonchev–Trinajstić information content (AvgIpc) is 3.04. The lowest BCUT2D eigenvalue weighted by atomic mass is 9.85. The second kappa shape index (κ2) is 9.72. The molecule has 3 fully saturated rings. The van der Waals surface area contributed by atoms with E-state index in [9.17, 15) is 9.59 Å². The molecule has 0 aromatic rings. The van der Waals surface area contributed by atoms with Crippen molar-refractivity contribution >= 4 is 11.8 Å². The summed E-state index contributed by atoms with van der Waals surface area (Å²) in [4.78, 5) is 29.6. The summed E-state index contributed by atoms with van der Waals surface area (Å²) < 4.78 is 0. The molecule has 0 aliphatic carbocycles. The van der Waals surface area contributed by atoms with Gasteiger partial charge in [0.15, 0.2) is 0 Å². The van der Waals surface area contributed by atoms with Gasteiger partial charge in [-0.1, -0.05) is 36.0 Å². The van der Waals surface area contributed by atoms with E-state index in [-0.39, 0.29) is 17.9 Å². The van der Waals surface area contributed by atoms with Gasteiger partial charge in [0.25, 0.3) is 0 Å². The smallest absolute Gasteiger partial charge is 0.245 e. The standard InChI is InChI=1S/C23H36N4O2/c1-17(2)7-5-6-8-18(3)12-27-21(9-10-22(27)28)23(29)25-13-19-11-20(14-25)16-26(15-19)24-4/h5-6,8,19-21,24H,1,7,9-16H2,2-4H3. The number of fused-ring (bicyclic) bond motifs is 2. The highest BCUT2D eigenvalue weighted by molar-refractivity contribution is 5.91. The van der Waals surface area contributed by atoms with E-state index in [1.807, 2.05) is 37.9 Å². The predicted molar refractivity (Wildman–Crippen MR) is 116 cm³/mol. The van der Waals surface area contributed by atoms with Gasteiger partial charge in [0.2, 0.25) is 11.8 Å². The average molecular weight is 401 g/mol. The molecule has 160 valence electrons. The summed E-state index contributed by atoms with van der Waals surface area (Å²) in [6.45, 7) is 12.0. The van der Waals surface area contributed by atoms with Crippen LogP contribution in [0.3, 0.4) is 0 Å². The Balaban J connectivity index is 1.61. The van der Waals surface area contributed by atoms with Gasteiger partial charge in [-0.15, -0.1) is 0 Å². The van der Waals surface area contributed by atoms with Crippen LogP contribution >= 0.6 is 0 Å². The van der Waals surface area contributed by atoms with Crippen molar-refractivity contribution in [1.82, 2.24) is 20.2 Å². The van der Waals surface area contributed by atoms with E-state index < -0.39 is 0 Å². The second-order valence-corrected chi connectivity index (χ2v) is 9.02.